The van der Waals surface area contributed by atoms with Gasteiger partial charge in [-0.15, -0.1) is 0 Å². The molecule has 0 radical (unpaired) electrons. The van der Waals surface area contributed by atoms with Gasteiger partial charge in [0.15, 0.2) is 43.8 Å². The van der Waals surface area contributed by atoms with E-state index in [0.717, 1.165) is 25.7 Å². The highest BCUT2D eigenvalue weighted by molar-refractivity contribution is 5.72. The molecular weight excluding hydrogens is 1160 g/mol. The SMILES string of the molecule is CCCCC/C=C\C/C=C\C/C=C\CCCC(O[C@@H]1[C@@H](O)[C@H]2O[C@H]3[C@H](O)[C@@H](O)[C@@H](O[C@H]4[C@H](O)[C@@H](O)[C@@H](O[C@H]5[C@H](O)[C@@H](O)[C@@H](O[C@H]6[C@H](O)[C@@H](O)[C@@H](O[C@H]7[C@H](O)[C@@H](O)[C@@H](O[C@H]1[C@@H](CO)O2)O[C@@H]7CO)O[C@@H]6CO)O[C@@H]5CO)O[C@@H]4CO)O[C@@H]3CO)C(=O)O. The molecule has 18 N–H and O–H groups in total. The van der Waals surface area contributed by atoms with Gasteiger partial charge in [0.2, 0.25) is 0 Å². The van der Waals surface area contributed by atoms with Gasteiger partial charge >= 0.3 is 5.97 Å². The van der Waals surface area contributed by atoms with Crippen LogP contribution in [0, 0.1) is 0 Å². The third kappa shape index (κ3) is 16.8. The number of aliphatic hydroxyl groups is 17. The lowest BCUT2D eigenvalue weighted by molar-refractivity contribution is -0.405. The van der Waals surface area contributed by atoms with Crippen molar-refractivity contribution in [2.75, 3.05) is 39.6 Å². The molecule has 22 rings (SSSR count). The lowest BCUT2D eigenvalue weighted by atomic mass is 9.94. The van der Waals surface area contributed by atoms with E-state index < -0.39 is 236 Å². The van der Waals surface area contributed by atoms with E-state index in [1.54, 1.807) is 0 Å². The number of carbonyl (C=O) groups is 1. The Morgan fingerprint density at radius 2 is 0.628 bits per heavy atom. The summed E-state index contributed by atoms with van der Waals surface area (Å²) in [5.74, 6) is -1.54. The van der Waals surface area contributed by atoms with Crippen LogP contribution >= 0.6 is 0 Å². The second kappa shape index (κ2) is 33.7. The summed E-state index contributed by atoms with van der Waals surface area (Å²) in [6, 6.07) is 0. The van der Waals surface area contributed by atoms with E-state index in [2.05, 4.69) is 19.1 Å². The Labute approximate surface area is 494 Å². The van der Waals surface area contributed by atoms with Crippen LogP contribution in [0.2, 0.25) is 0 Å². The van der Waals surface area contributed by atoms with Crippen molar-refractivity contribution in [1.82, 2.24) is 0 Å². The van der Waals surface area contributed by atoms with Gasteiger partial charge in [0.1, 0.15) is 146 Å². The molecule has 22 aliphatic heterocycles. The third-order valence-corrected chi connectivity index (χ3v) is 16.1. The third-order valence-electron chi connectivity index (χ3n) is 16.1. The predicted molar refractivity (Wildman–Crippen MR) is 281 cm³/mol. The highest BCUT2D eigenvalue weighted by Gasteiger charge is 2.59. The van der Waals surface area contributed by atoms with Crippen LogP contribution in [-0.2, 0) is 66.4 Å². The van der Waals surface area contributed by atoms with E-state index in [4.69, 9.17) is 61.6 Å². The van der Waals surface area contributed by atoms with Gasteiger partial charge in [-0.2, -0.15) is 0 Å². The molecule has 0 amide bonds. The molecule has 22 heterocycles. The number of ether oxygens (including phenoxy) is 13. The highest BCUT2D eigenvalue weighted by atomic mass is 16.8. The summed E-state index contributed by atoms with van der Waals surface area (Å²) in [7, 11) is 0. The largest absolute Gasteiger partial charge is 0.479 e. The fourth-order valence-corrected chi connectivity index (χ4v) is 11.2. The number of hydrogen-bond donors (Lipinski definition) is 18. The Morgan fingerprint density at radius 3 is 0.919 bits per heavy atom. The molecule has 0 aromatic carbocycles. The first-order valence-corrected chi connectivity index (χ1v) is 29.1. The van der Waals surface area contributed by atoms with Crippen LogP contribution in [-0.4, -0.2) is 328 Å². The number of allylic oxidation sites excluding steroid dienone is 6. The molecule has 0 aliphatic carbocycles. The first kappa shape index (κ1) is 70.9. The predicted octanol–water partition coefficient (Wildman–Crippen LogP) is -7.38. The molecule has 32 heteroatoms. The van der Waals surface area contributed by atoms with E-state index in [1.165, 1.54) is 6.42 Å². The maximum Gasteiger partial charge on any atom is 0.332 e. The number of aliphatic hydroxyl groups excluding tert-OH is 17. The van der Waals surface area contributed by atoms with Gasteiger partial charge in [0.05, 0.1) is 39.6 Å². The standard InChI is InChI=1S/C54H88O32/c1-2-3-4-5-6-7-8-9-10-11-12-13-14-15-16-23(48(72)73)74-47-40(71)54-80-29(22-60)46(47)86-53-39(70)34(65)44(27(20-58)79-53)84-51-37(68)32(63)42(25(18-56)77-51)82-49-35(66)30(61)41(24(17-55)75-49)81-50-36(67)31(62)43(26(19-57)76-50)83-52-38(69)33(64)45(85-54)28(21-59)78-52/h6-7,9-10,12-13,23-47,49-71H,2-5,8,11,14-22H2,1H3,(H,72,73)/b7-6-,10-9-,13-12-/t23?,24-,25-,26-,27-,28-,29-,30-,31-,32-,33-,34-,35-,36-,37-,38-,39-,40-,41-,42-,43-,44-,45-,46+,47-,49-,50-,51-,52-,53-,54-/m1/s1. The van der Waals surface area contributed by atoms with E-state index in [1.807, 2.05) is 24.3 Å². The van der Waals surface area contributed by atoms with E-state index in [9.17, 15) is 96.7 Å². The smallest absolute Gasteiger partial charge is 0.332 e. The zero-order valence-corrected chi connectivity index (χ0v) is 47.2. The van der Waals surface area contributed by atoms with Gasteiger partial charge in [0.25, 0.3) is 0 Å². The molecule has 0 spiro atoms. The van der Waals surface area contributed by atoms with Crippen molar-refractivity contribution < 1.29 is 158 Å². The molecule has 22 saturated heterocycles. The molecule has 0 saturated carbocycles. The molecule has 0 aromatic heterocycles. The van der Waals surface area contributed by atoms with Crippen LogP contribution in [0.15, 0.2) is 36.5 Å². The van der Waals surface area contributed by atoms with Crippen molar-refractivity contribution in [3.63, 3.8) is 0 Å². The number of aliphatic carboxylic acids is 1. The second-order valence-corrected chi connectivity index (χ2v) is 22.1. The minimum atomic E-state index is -2.24. The molecule has 31 atom stereocenters. The molecule has 32 nitrogen and oxygen atoms in total. The minimum absolute atomic E-state index is 0.201. The van der Waals surface area contributed by atoms with Gasteiger partial charge < -0.3 is 153 Å². The Kier molecular flexibility index (Phi) is 27.8. The quantitative estimate of drug-likeness (QED) is 0.0375. The molecule has 1 unspecified atom stereocenters. The summed E-state index contributed by atoms with van der Waals surface area (Å²) < 4.78 is 76.0. The minimum Gasteiger partial charge on any atom is -0.479 e. The average molecular weight is 1250 g/mol. The van der Waals surface area contributed by atoms with Crippen LogP contribution in [0.3, 0.4) is 0 Å². The van der Waals surface area contributed by atoms with Crippen molar-refractivity contribution in [3.8, 4) is 0 Å². The number of rotatable bonds is 21. The first-order chi connectivity index (χ1) is 41.3. The van der Waals surface area contributed by atoms with Crippen LogP contribution in [0.1, 0.15) is 64.7 Å². The van der Waals surface area contributed by atoms with Crippen molar-refractivity contribution >= 4 is 5.97 Å². The number of carboxylic acids is 1. The summed E-state index contributed by atoms with van der Waals surface area (Å²) in [5, 5.41) is 201. The van der Waals surface area contributed by atoms with Gasteiger partial charge in [-0.05, 0) is 44.9 Å². The molecule has 86 heavy (non-hydrogen) atoms. The molecule has 22 fully saturated rings. The Bertz CT molecular complexity index is 2080. The van der Waals surface area contributed by atoms with Crippen LogP contribution in [0.5, 0.6) is 0 Å². The molecule has 22 aliphatic rings. The fourth-order valence-electron chi connectivity index (χ4n) is 11.2. The van der Waals surface area contributed by atoms with Gasteiger partial charge in [-0.1, -0.05) is 56.2 Å². The lowest BCUT2D eigenvalue weighted by Crippen LogP contribution is -2.69. The summed E-state index contributed by atoms with van der Waals surface area (Å²) in [6.07, 6.45) is -43.8. The number of carboxylic acid groups (broad SMARTS) is 1. The first-order valence-electron chi connectivity index (χ1n) is 29.1. The number of unbranched alkanes of at least 4 members (excludes halogenated alkanes) is 4. The average Bonchev–Trinajstić information content (AvgIpc) is 1.60. The fraction of sp³-hybridized carbons (Fsp3) is 0.870. The van der Waals surface area contributed by atoms with E-state index in [-0.39, 0.29) is 12.8 Å². The Morgan fingerprint density at radius 1 is 0.360 bits per heavy atom. The topological polar surface area (TPSA) is 501 Å². The highest BCUT2D eigenvalue weighted by Crippen LogP contribution is 2.39. The van der Waals surface area contributed by atoms with Crippen LogP contribution in [0.4, 0.5) is 0 Å². The van der Waals surface area contributed by atoms with Crippen molar-refractivity contribution in [1.29, 1.82) is 0 Å². The maximum absolute atomic E-state index is 12.9. The maximum atomic E-state index is 12.9. The van der Waals surface area contributed by atoms with Crippen molar-refractivity contribution in [3.05, 3.63) is 36.5 Å². The lowest BCUT2D eigenvalue weighted by Gasteiger charge is -2.51. The molecular formula is C54H88O32. The van der Waals surface area contributed by atoms with Gasteiger partial charge in [0, 0.05) is 0 Å². The number of hydrogen-bond acceptors (Lipinski definition) is 31. The van der Waals surface area contributed by atoms with Crippen molar-refractivity contribution in [2.45, 2.75) is 255 Å². The monoisotopic (exact) mass is 1250 g/mol. The summed E-state index contributed by atoms with van der Waals surface area (Å²) >= 11 is 0. The van der Waals surface area contributed by atoms with Gasteiger partial charge in [-0.3, -0.25) is 0 Å². The molecule has 496 valence electrons. The molecule has 0 aromatic rings. The van der Waals surface area contributed by atoms with E-state index in [0.29, 0.717) is 12.8 Å². The summed E-state index contributed by atoms with van der Waals surface area (Å²) in [5.41, 5.74) is 0. The van der Waals surface area contributed by atoms with E-state index >= 15 is 0 Å². The Hall–Kier alpha value is -2.51. The Balaban J connectivity index is 1.17. The normalized spacial score (nSPS) is 45.9. The van der Waals surface area contributed by atoms with Crippen LogP contribution < -0.4 is 0 Å². The van der Waals surface area contributed by atoms with Crippen LogP contribution in [0.25, 0.3) is 0 Å². The summed E-state index contributed by atoms with van der Waals surface area (Å²) in [4.78, 5) is 12.9. The van der Waals surface area contributed by atoms with Crippen molar-refractivity contribution in [2.24, 2.45) is 0 Å². The zero-order chi connectivity index (χ0) is 62.5. The zero-order valence-electron chi connectivity index (χ0n) is 47.2. The second-order valence-electron chi connectivity index (χ2n) is 22.1. The van der Waals surface area contributed by atoms with Gasteiger partial charge in [-0.25, -0.2) is 4.79 Å². The molecule has 12 bridgehead atoms. The summed E-state index contributed by atoms with van der Waals surface area (Å²) in [6.45, 7) is -4.12.